The fourth-order valence-corrected chi connectivity index (χ4v) is 2.39. The first-order valence-corrected chi connectivity index (χ1v) is 7.06. The van der Waals surface area contributed by atoms with E-state index in [9.17, 15) is 4.79 Å². The van der Waals surface area contributed by atoms with Gasteiger partial charge in [0, 0.05) is 24.7 Å². The van der Waals surface area contributed by atoms with Gasteiger partial charge in [-0.2, -0.15) is 0 Å². The van der Waals surface area contributed by atoms with Crippen LogP contribution in [0.4, 0.5) is 0 Å². The summed E-state index contributed by atoms with van der Waals surface area (Å²) in [6.07, 6.45) is 1.61. The number of carbonyl (C=O) groups is 1. The van der Waals surface area contributed by atoms with Gasteiger partial charge < -0.3 is 14.3 Å². The molecular formula is C17H18N2O2. The van der Waals surface area contributed by atoms with Crippen molar-refractivity contribution >= 4 is 17.0 Å². The molecule has 1 aromatic carbocycles. The number of nitrogens with one attached hydrogen (secondary N) is 1. The van der Waals surface area contributed by atoms with E-state index in [-0.39, 0.29) is 11.9 Å². The van der Waals surface area contributed by atoms with Crippen LogP contribution in [0.2, 0.25) is 0 Å². The van der Waals surface area contributed by atoms with E-state index in [1.165, 1.54) is 0 Å². The summed E-state index contributed by atoms with van der Waals surface area (Å²) in [5.41, 5.74) is 3.24. The molecule has 0 radical (unpaired) electrons. The number of hydrogen-bond donors (Lipinski definition) is 1. The quantitative estimate of drug-likeness (QED) is 0.791. The molecule has 108 valence electrons. The molecule has 3 rings (SSSR count). The second kappa shape index (κ2) is 5.48. The van der Waals surface area contributed by atoms with Crippen molar-refractivity contribution in [1.82, 2.24) is 9.88 Å². The highest BCUT2D eigenvalue weighted by atomic mass is 16.3. The maximum Gasteiger partial charge on any atom is 0.270 e. The van der Waals surface area contributed by atoms with Crippen molar-refractivity contribution in [2.45, 2.75) is 26.4 Å². The molecule has 0 unspecified atom stereocenters. The third kappa shape index (κ3) is 2.70. The zero-order chi connectivity index (χ0) is 14.8. The Labute approximate surface area is 123 Å². The van der Waals surface area contributed by atoms with Crippen LogP contribution in [0.1, 0.15) is 29.9 Å². The van der Waals surface area contributed by atoms with Gasteiger partial charge in [0.25, 0.3) is 5.91 Å². The topological polar surface area (TPSA) is 49.2 Å². The average molecular weight is 282 g/mol. The van der Waals surface area contributed by atoms with Crippen molar-refractivity contribution in [1.29, 1.82) is 0 Å². The molecule has 4 nitrogen and oxygen atoms in total. The van der Waals surface area contributed by atoms with Gasteiger partial charge in [-0.25, -0.2) is 0 Å². The first-order valence-electron chi connectivity index (χ1n) is 7.06. The van der Waals surface area contributed by atoms with Gasteiger partial charge in [-0.15, -0.1) is 0 Å². The van der Waals surface area contributed by atoms with E-state index < -0.39 is 0 Å². The number of aromatic nitrogens is 1. The minimum absolute atomic E-state index is 0.0137. The molecule has 2 heterocycles. The highest BCUT2D eigenvalue weighted by Gasteiger charge is 2.21. The first kappa shape index (κ1) is 13.5. The SMILES string of the molecule is CC(C)N(Cc1ccccc1)C(=O)c1cc2occc2[nH]1. The smallest absolute Gasteiger partial charge is 0.270 e. The molecule has 0 bridgehead atoms. The predicted octanol–water partition coefficient (Wildman–Crippen LogP) is 3.81. The lowest BCUT2D eigenvalue weighted by Gasteiger charge is -2.26. The van der Waals surface area contributed by atoms with Gasteiger partial charge in [0.1, 0.15) is 5.69 Å². The summed E-state index contributed by atoms with van der Waals surface area (Å²) < 4.78 is 5.31. The number of rotatable bonds is 4. The van der Waals surface area contributed by atoms with Gasteiger partial charge in [0.2, 0.25) is 0 Å². The second-order valence-electron chi connectivity index (χ2n) is 5.39. The molecule has 0 saturated carbocycles. The van der Waals surface area contributed by atoms with Gasteiger partial charge in [-0.3, -0.25) is 4.79 Å². The lowest BCUT2D eigenvalue weighted by Crippen LogP contribution is -2.36. The summed E-state index contributed by atoms with van der Waals surface area (Å²) in [5.74, 6) is -0.0137. The predicted molar refractivity (Wildman–Crippen MR) is 82.0 cm³/mol. The van der Waals surface area contributed by atoms with Crippen LogP contribution in [-0.2, 0) is 6.54 Å². The molecule has 1 N–H and O–H groups in total. The highest BCUT2D eigenvalue weighted by Crippen LogP contribution is 2.19. The number of furan rings is 1. The average Bonchev–Trinajstić information content (AvgIpc) is 3.06. The lowest BCUT2D eigenvalue weighted by molar-refractivity contribution is 0.0685. The van der Waals surface area contributed by atoms with Crippen LogP contribution in [-0.4, -0.2) is 21.8 Å². The number of fused-ring (bicyclic) bond motifs is 1. The van der Waals surface area contributed by atoms with Gasteiger partial charge in [-0.05, 0) is 19.4 Å². The van der Waals surface area contributed by atoms with Crippen LogP contribution in [0.25, 0.3) is 11.1 Å². The number of aromatic amines is 1. The first-order chi connectivity index (χ1) is 10.1. The Morgan fingerprint density at radius 2 is 2.00 bits per heavy atom. The number of benzene rings is 1. The largest absolute Gasteiger partial charge is 0.463 e. The van der Waals surface area contributed by atoms with Gasteiger partial charge in [-0.1, -0.05) is 30.3 Å². The summed E-state index contributed by atoms with van der Waals surface area (Å²) >= 11 is 0. The van der Waals surface area contributed by atoms with E-state index >= 15 is 0 Å². The molecule has 0 fully saturated rings. The van der Waals surface area contributed by atoms with E-state index in [1.54, 1.807) is 12.3 Å². The summed E-state index contributed by atoms with van der Waals surface area (Å²) in [4.78, 5) is 17.7. The molecule has 21 heavy (non-hydrogen) atoms. The molecule has 0 aliphatic carbocycles. The Morgan fingerprint density at radius 1 is 1.24 bits per heavy atom. The fraction of sp³-hybridized carbons (Fsp3) is 0.235. The normalized spacial score (nSPS) is 11.2. The standard InChI is InChI=1S/C17H18N2O2/c1-12(2)19(11-13-6-4-3-5-7-13)17(20)15-10-16-14(18-15)8-9-21-16/h3-10,12,18H,11H2,1-2H3. The van der Waals surface area contributed by atoms with E-state index in [1.807, 2.05) is 55.1 Å². The third-order valence-corrected chi connectivity index (χ3v) is 3.55. The molecule has 0 aliphatic rings. The Hall–Kier alpha value is -2.49. The molecule has 4 heteroatoms. The lowest BCUT2D eigenvalue weighted by atomic mass is 10.2. The summed E-state index contributed by atoms with van der Waals surface area (Å²) in [6.45, 7) is 4.64. The minimum Gasteiger partial charge on any atom is -0.463 e. The number of amides is 1. The number of carbonyl (C=O) groups excluding carboxylic acids is 1. The Kier molecular flexibility index (Phi) is 3.52. The Balaban J connectivity index is 1.86. The number of hydrogen-bond acceptors (Lipinski definition) is 2. The van der Waals surface area contributed by atoms with Crippen LogP contribution in [0, 0.1) is 0 Å². The molecule has 1 amide bonds. The van der Waals surface area contributed by atoms with E-state index in [0.29, 0.717) is 17.8 Å². The monoisotopic (exact) mass is 282 g/mol. The van der Waals surface area contributed by atoms with Gasteiger partial charge in [0.05, 0.1) is 11.8 Å². The molecule has 0 saturated heterocycles. The Morgan fingerprint density at radius 3 is 2.67 bits per heavy atom. The maximum absolute atomic E-state index is 12.7. The summed E-state index contributed by atoms with van der Waals surface area (Å²) in [7, 11) is 0. The molecule has 0 atom stereocenters. The highest BCUT2D eigenvalue weighted by molar-refractivity contribution is 5.96. The van der Waals surface area contributed by atoms with Crippen molar-refractivity contribution in [2.75, 3.05) is 0 Å². The summed E-state index contributed by atoms with van der Waals surface area (Å²) in [5, 5.41) is 0. The molecule has 3 aromatic rings. The van der Waals surface area contributed by atoms with Gasteiger partial charge >= 0.3 is 0 Å². The van der Waals surface area contributed by atoms with Crippen molar-refractivity contribution < 1.29 is 9.21 Å². The molecule has 2 aromatic heterocycles. The minimum atomic E-state index is -0.0137. The second-order valence-corrected chi connectivity index (χ2v) is 5.39. The van der Waals surface area contributed by atoms with Gasteiger partial charge in [0.15, 0.2) is 5.58 Å². The van der Waals surface area contributed by atoms with E-state index in [0.717, 1.165) is 11.1 Å². The fourth-order valence-electron chi connectivity index (χ4n) is 2.39. The van der Waals surface area contributed by atoms with E-state index in [4.69, 9.17) is 4.42 Å². The zero-order valence-corrected chi connectivity index (χ0v) is 12.2. The van der Waals surface area contributed by atoms with Crippen molar-refractivity contribution in [3.8, 4) is 0 Å². The van der Waals surface area contributed by atoms with Crippen LogP contribution in [0.15, 0.2) is 53.1 Å². The van der Waals surface area contributed by atoms with Crippen molar-refractivity contribution in [3.63, 3.8) is 0 Å². The molecule has 0 aliphatic heterocycles. The van der Waals surface area contributed by atoms with Crippen molar-refractivity contribution in [3.05, 3.63) is 60.0 Å². The van der Waals surface area contributed by atoms with Crippen LogP contribution in [0.5, 0.6) is 0 Å². The zero-order valence-electron chi connectivity index (χ0n) is 12.2. The summed E-state index contributed by atoms with van der Waals surface area (Å²) in [6, 6.07) is 13.7. The number of nitrogens with zero attached hydrogens (tertiary/aromatic N) is 1. The molecular weight excluding hydrogens is 264 g/mol. The van der Waals surface area contributed by atoms with Crippen LogP contribution < -0.4 is 0 Å². The van der Waals surface area contributed by atoms with E-state index in [2.05, 4.69) is 4.98 Å². The Bertz CT molecular complexity index is 712. The molecule has 0 spiro atoms. The third-order valence-electron chi connectivity index (χ3n) is 3.55. The van der Waals surface area contributed by atoms with Crippen LogP contribution >= 0.6 is 0 Å². The van der Waals surface area contributed by atoms with Crippen molar-refractivity contribution in [2.24, 2.45) is 0 Å². The van der Waals surface area contributed by atoms with Crippen LogP contribution in [0.3, 0.4) is 0 Å². The maximum atomic E-state index is 12.7. The number of H-pyrrole nitrogens is 1.